The Kier molecular flexibility index (Phi) is 52.0. The summed E-state index contributed by atoms with van der Waals surface area (Å²) >= 11 is 0. The minimum Gasteiger partial charge on any atom is -0.466 e. The van der Waals surface area contributed by atoms with Crippen LogP contribution in [-0.2, 0) is 14.3 Å². The largest absolute Gasteiger partial charge is 0.466 e. The molecule has 3 N–H and O–H groups in total. The maximum atomic E-state index is 12.4. The van der Waals surface area contributed by atoms with Crippen LogP contribution < -0.4 is 5.32 Å². The van der Waals surface area contributed by atoms with Gasteiger partial charge in [0.05, 0.1) is 25.4 Å². The number of amides is 1. The van der Waals surface area contributed by atoms with E-state index in [1.807, 2.05) is 0 Å². The van der Waals surface area contributed by atoms with Crippen LogP contribution in [0.5, 0.6) is 0 Å². The molecular formula is C57H111NO5. The molecule has 0 rings (SSSR count). The Morgan fingerprint density at radius 1 is 0.429 bits per heavy atom. The number of rotatable bonds is 53. The molecule has 0 fully saturated rings. The van der Waals surface area contributed by atoms with Crippen molar-refractivity contribution < 1.29 is 24.5 Å². The lowest BCUT2D eigenvalue weighted by Crippen LogP contribution is -2.45. The number of aliphatic hydroxyl groups is 2. The third kappa shape index (κ3) is 49.9. The molecular weight excluding hydrogens is 779 g/mol. The number of carbonyl (C=O) groups excluding carboxylic acids is 2. The number of allylic oxidation sites excluding steroid dienone is 2. The van der Waals surface area contributed by atoms with Gasteiger partial charge in [0.25, 0.3) is 0 Å². The molecule has 374 valence electrons. The van der Waals surface area contributed by atoms with Crippen LogP contribution in [-0.4, -0.2) is 47.4 Å². The topological polar surface area (TPSA) is 95.9 Å². The molecule has 0 aliphatic rings. The van der Waals surface area contributed by atoms with E-state index in [1.54, 1.807) is 0 Å². The lowest BCUT2D eigenvalue weighted by atomic mass is 10.0. The van der Waals surface area contributed by atoms with Crippen molar-refractivity contribution in [3.05, 3.63) is 12.2 Å². The molecule has 0 heterocycles. The summed E-state index contributed by atoms with van der Waals surface area (Å²) in [7, 11) is 0. The smallest absolute Gasteiger partial charge is 0.305 e. The predicted octanol–water partition coefficient (Wildman–Crippen LogP) is 17.3. The Morgan fingerprint density at radius 2 is 0.746 bits per heavy atom. The molecule has 0 saturated heterocycles. The third-order valence-electron chi connectivity index (χ3n) is 13.3. The first-order valence-electron chi connectivity index (χ1n) is 28.4. The summed E-state index contributed by atoms with van der Waals surface area (Å²) in [6, 6.07) is -0.544. The zero-order valence-corrected chi connectivity index (χ0v) is 42.6. The van der Waals surface area contributed by atoms with Crippen LogP contribution in [0.25, 0.3) is 0 Å². The van der Waals surface area contributed by atoms with Crippen LogP contribution >= 0.6 is 0 Å². The van der Waals surface area contributed by atoms with Gasteiger partial charge in [-0.3, -0.25) is 9.59 Å². The van der Waals surface area contributed by atoms with Gasteiger partial charge in [0.15, 0.2) is 0 Å². The van der Waals surface area contributed by atoms with Gasteiger partial charge in [-0.25, -0.2) is 0 Å². The summed E-state index contributed by atoms with van der Waals surface area (Å²) in [5.41, 5.74) is 0. The Bertz CT molecular complexity index is 939. The second kappa shape index (κ2) is 53.2. The van der Waals surface area contributed by atoms with Gasteiger partial charge in [-0.05, 0) is 51.4 Å². The van der Waals surface area contributed by atoms with Gasteiger partial charge in [0.2, 0.25) is 5.91 Å². The van der Waals surface area contributed by atoms with E-state index >= 15 is 0 Å². The lowest BCUT2D eigenvalue weighted by molar-refractivity contribution is -0.143. The molecule has 6 heteroatoms. The van der Waals surface area contributed by atoms with Crippen LogP contribution in [0.4, 0.5) is 0 Å². The Hall–Kier alpha value is -1.40. The van der Waals surface area contributed by atoms with Crippen molar-refractivity contribution in [3.8, 4) is 0 Å². The van der Waals surface area contributed by atoms with Crippen LogP contribution in [0.1, 0.15) is 316 Å². The predicted molar refractivity (Wildman–Crippen MR) is 273 cm³/mol. The van der Waals surface area contributed by atoms with Crippen LogP contribution in [0, 0.1) is 0 Å². The highest BCUT2D eigenvalue weighted by molar-refractivity contribution is 5.76. The van der Waals surface area contributed by atoms with Gasteiger partial charge in [0, 0.05) is 12.8 Å². The molecule has 0 bridgehead atoms. The maximum absolute atomic E-state index is 12.4. The van der Waals surface area contributed by atoms with Gasteiger partial charge < -0.3 is 20.3 Å². The minimum absolute atomic E-state index is 0.0117. The Morgan fingerprint density at radius 3 is 1.13 bits per heavy atom. The number of nitrogens with one attached hydrogen (secondary N) is 1. The Balaban J connectivity index is 3.39. The van der Waals surface area contributed by atoms with E-state index in [9.17, 15) is 19.8 Å². The Labute approximate surface area is 393 Å². The van der Waals surface area contributed by atoms with E-state index in [0.29, 0.717) is 25.9 Å². The third-order valence-corrected chi connectivity index (χ3v) is 13.3. The van der Waals surface area contributed by atoms with Crippen LogP contribution in [0.15, 0.2) is 12.2 Å². The van der Waals surface area contributed by atoms with Crippen molar-refractivity contribution in [2.75, 3.05) is 13.2 Å². The summed E-state index contributed by atoms with van der Waals surface area (Å²) < 4.78 is 5.47. The molecule has 0 spiro atoms. The van der Waals surface area contributed by atoms with E-state index < -0.39 is 12.1 Å². The first-order valence-corrected chi connectivity index (χ1v) is 28.4. The number of hydrogen-bond acceptors (Lipinski definition) is 5. The molecule has 0 aliphatic carbocycles. The molecule has 0 aliphatic heterocycles. The number of esters is 1. The number of carbonyl (C=O) groups is 2. The SMILES string of the molecule is CCCCCCCCCCCCCCCC(=O)OCCCCCCCCCCCCC/C=C\CCCCCCCCCC(=O)NC(CO)C(O)CCCCCCCCCCCCC. The fourth-order valence-electron chi connectivity index (χ4n) is 8.93. The fourth-order valence-corrected chi connectivity index (χ4v) is 8.93. The van der Waals surface area contributed by atoms with E-state index in [2.05, 4.69) is 31.3 Å². The average molecular weight is 891 g/mol. The molecule has 0 aromatic heterocycles. The molecule has 2 unspecified atom stereocenters. The first-order chi connectivity index (χ1) is 31.0. The van der Waals surface area contributed by atoms with Crippen molar-refractivity contribution in [2.24, 2.45) is 0 Å². The van der Waals surface area contributed by atoms with Crippen LogP contribution in [0.3, 0.4) is 0 Å². The van der Waals surface area contributed by atoms with Crippen molar-refractivity contribution >= 4 is 11.9 Å². The van der Waals surface area contributed by atoms with Crippen molar-refractivity contribution in [2.45, 2.75) is 328 Å². The van der Waals surface area contributed by atoms with Gasteiger partial charge in [-0.1, -0.05) is 264 Å². The molecule has 0 saturated carbocycles. The summed E-state index contributed by atoms with van der Waals surface area (Å²) in [5, 5.41) is 23.2. The van der Waals surface area contributed by atoms with Gasteiger partial charge in [-0.2, -0.15) is 0 Å². The average Bonchev–Trinajstić information content (AvgIpc) is 3.28. The van der Waals surface area contributed by atoms with Crippen molar-refractivity contribution in [3.63, 3.8) is 0 Å². The zero-order chi connectivity index (χ0) is 45.8. The quantitative estimate of drug-likeness (QED) is 0.0321. The van der Waals surface area contributed by atoms with E-state index in [4.69, 9.17) is 4.74 Å². The van der Waals surface area contributed by atoms with Crippen molar-refractivity contribution in [1.82, 2.24) is 5.32 Å². The van der Waals surface area contributed by atoms with E-state index in [1.165, 1.54) is 244 Å². The number of aliphatic hydroxyl groups excluding tert-OH is 2. The highest BCUT2D eigenvalue weighted by atomic mass is 16.5. The van der Waals surface area contributed by atoms with Crippen molar-refractivity contribution in [1.29, 1.82) is 0 Å². The first kappa shape index (κ1) is 61.6. The monoisotopic (exact) mass is 890 g/mol. The van der Waals surface area contributed by atoms with Gasteiger partial charge >= 0.3 is 5.97 Å². The van der Waals surface area contributed by atoms with E-state index in [-0.39, 0.29) is 18.5 Å². The molecule has 2 atom stereocenters. The van der Waals surface area contributed by atoms with Gasteiger partial charge in [-0.15, -0.1) is 0 Å². The van der Waals surface area contributed by atoms with Gasteiger partial charge in [0.1, 0.15) is 0 Å². The molecule has 0 aromatic rings. The number of ether oxygens (including phenoxy) is 1. The number of unbranched alkanes of at least 4 members (excludes halogenated alkanes) is 40. The second-order valence-corrected chi connectivity index (χ2v) is 19.6. The lowest BCUT2D eigenvalue weighted by Gasteiger charge is -2.22. The molecule has 63 heavy (non-hydrogen) atoms. The zero-order valence-electron chi connectivity index (χ0n) is 42.6. The minimum atomic E-state index is -0.666. The molecule has 0 aromatic carbocycles. The highest BCUT2D eigenvalue weighted by Gasteiger charge is 2.20. The summed E-state index contributed by atoms with van der Waals surface area (Å²) in [6.07, 6.45) is 62.1. The highest BCUT2D eigenvalue weighted by Crippen LogP contribution is 2.17. The summed E-state index contributed by atoms with van der Waals surface area (Å²) in [6.45, 7) is 4.95. The molecule has 0 radical (unpaired) electrons. The normalized spacial score (nSPS) is 12.6. The second-order valence-electron chi connectivity index (χ2n) is 19.6. The summed E-state index contributed by atoms with van der Waals surface area (Å²) in [4.78, 5) is 24.4. The number of hydrogen-bond donors (Lipinski definition) is 3. The van der Waals surface area contributed by atoms with Crippen LogP contribution in [0.2, 0.25) is 0 Å². The molecule has 6 nitrogen and oxygen atoms in total. The maximum Gasteiger partial charge on any atom is 0.305 e. The summed E-state index contributed by atoms with van der Waals surface area (Å²) in [5.74, 6) is -0.0303. The fraction of sp³-hybridized carbons (Fsp3) is 0.930. The standard InChI is InChI=1S/C57H111NO5/c1-3-5-7-9-11-13-15-26-31-35-39-43-47-51-57(62)63-52-48-44-40-36-32-28-25-23-21-19-17-16-18-20-22-24-27-30-34-38-42-46-50-56(61)58-54(53-59)55(60)49-45-41-37-33-29-14-12-10-8-6-4-2/h18,20,54-55,59-60H,3-17,19,21-53H2,1-2H3,(H,58,61)/b20-18-. The van der Waals surface area contributed by atoms with E-state index in [0.717, 1.165) is 38.5 Å². The molecule has 1 amide bonds.